The molecule has 0 aromatic carbocycles. The van der Waals surface area contributed by atoms with Crippen molar-refractivity contribution in [2.75, 3.05) is 5.32 Å². The molecule has 1 N–H and O–H groups in total. The van der Waals surface area contributed by atoms with E-state index in [4.69, 9.17) is 0 Å². The summed E-state index contributed by atoms with van der Waals surface area (Å²) in [5, 5.41) is 7.37. The number of hydrogen-bond acceptors (Lipinski definition) is 3. The van der Waals surface area contributed by atoms with Crippen molar-refractivity contribution in [2.24, 2.45) is 13.0 Å². The summed E-state index contributed by atoms with van der Waals surface area (Å²) in [5.41, 5.74) is 2.32. The molecule has 0 bridgehead atoms. The summed E-state index contributed by atoms with van der Waals surface area (Å²) in [6.45, 7) is 4.09. The quantitative estimate of drug-likeness (QED) is 0.879. The number of thioether (sulfide) groups is 1. The van der Waals surface area contributed by atoms with Crippen LogP contribution in [0.25, 0.3) is 0 Å². The Labute approximate surface area is 99.8 Å². The number of hydrogen-bond donors (Lipinski definition) is 1. The van der Waals surface area contributed by atoms with E-state index in [1.807, 2.05) is 32.7 Å². The molecule has 4 nitrogen and oxygen atoms in total. The highest BCUT2D eigenvalue weighted by Gasteiger charge is 2.22. The van der Waals surface area contributed by atoms with Crippen molar-refractivity contribution < 1.29 is 4.79 Å². The van der Waals surface area contributed by atoms with E-state index in [0.717, 1.165) is 23.0 Å². The van der Waals surface area contributed by atoms with E-state index in [-0.39, 0.29) is 5.91 Å². The van der Waals surface area contributed by atoms with E-state index in [0.29, 0.717) is 12.3 Å². The highest BCUT2D eigenvalue weighted by molar-refractivity contribution is 7.98. The minimum absolute atomic E-state index is 0.0812. The monoisotopic (exact) mass is 239 g/mol. The standard InChI is InChI=1S/C11H17N3OS/c1-7(2)4-10(15)12-11-8-5-16-6-9(8)13-14(11)3/h7H,4-6H2,1-3H3,(H,12,15). The van der Waals surface area contributed by atoms with E-state index in [1.54, 1.807) is 4.68 Å². The summed E-state index contributed by atoms with van der Waals surface area (Å²) in [6.07, 6.45) is 0.563. The smallest absolute Gasteiger partial charge is 0.225 e. The Morgan fingerprint density at radius 2 is 2.31 bits per heavy atom. The zero-order valence-electron chi connectivity index (χ0n) is 9.91. The summed E-state index contributed by atoms with van der Waals surface area (Å²) in [7, 11) is 1.88. The molecule has 0 saturated carbocycles. The van der Waals surface area contributed by atoms with Gasteiger partial charge in [0, 0.05) is 30.5 Å². The fraction of sp³-hybridized carbons (Fsp3) is 0.636. The molecule has 0 fully saturated rings. The fourth-order valence-electron chi connectivity index (χ4n) is 1.85. The first-order valence-corrected chi connectivity index (χ1v) is 6.65. The lowest BCUT2D eigenvalue weighted by Crippen LogP contribution is -2.17. The Kier molecular flexibility index (Phi) is 3.23. The van der Waals surface area contributed by atoms with Gasteiger partial charge in [0.1, 0.15) is 5.82 Å². The molecule has 1 amide bonds. The number of nitrogens with one attached hydrogen (secondary N) is 1. The van der Waals surface area contributed by atoms with Crippen molar-refractivity contribution in [3.05, 3.63) is 11.3 Å². The van der Waals surface area contributed by atoms with Gasteiger partial charge in [0.05, 0.1) is 5.69 Å². The first-order chi connectivity index (χ1) is 7.58. The highest BCUT2D eigenvalue weighted by Crippen LogP contribution is 2.34. The molecule has 1 aromatic heterocycles. The Hall–Kier alpha value is -0.970. The normalized spacial score (nSPS) is 14.2. The van der Waals surface area contributed by atoms with Crippen LogP contribution in [0.4, 0.5) is 5.82 Å². The van der Waals surface area contributed by atoms with Gasteiger partial charge in [-0.25, -0.2) is 0 Å². The maximum Gasteiger partial charge on any atom is 0.225 e. The molecule has 88 valence electrons. The van der Waals surface area contributed by atoms with E-state index in [9.17, 15) is 4.79 Å². The van der Waals surface area contributed by atoms with Crippen LogP contribution >= 0.6 is 11.8 Å². The summed E-state index contributed by atoms with van der Waals surface area (Å²) in [5.74, 6) is 3.27. The zero-order valence-corrected chi connectivity index (χ0v) is 10.7. The molecule has 0 atom stereocenters. The lowest BCUT2D eigenvalue weighted by Gasteiger charge is -2.08. The minimum atomic E-state index is 0.0812. The second kappa shape index (κ2) is 4.49. The van der Waals surface area contributed by atoms with Crippen LogP contribution in [0.3, 0.4) is 0 Å². The molecule has 0 radical (unpaired) electrons. The van der Waals surface area contributed by atoms with Gasteiger partial charge in [0.15, 0.2) is 0 Å². The van der Waals surface area contributed by atoms with Crippen molar-refractivity contribution in [1.29, 1.82) is 0 Å². The third kappa shape index (κ3) is 2.24. The van der Waals surface area contributed by atoms with Crippen LogP contribution < -0.4 is 5.32 Å². The molecule has 0 unspecified atom stereocenters. The predicted molar refractivity (Wildman–Crippen MR) is 66.3 cm³/mol. The lowest BCUT2D eigenvalue weighted by molar-refractivity contribution is -0.116. The molecule has 1 aliphatic heterocycles. The molecule has 0 aliphatic carbocycles. The van der Waals surface area contributed by atoms with Gasteiger partial charge >= 0.3 is 0 Å². The van der Waals surface area contributed by atoms with Gasteiger partial charge in [0.2, 0.25) is 5.91 Å². The van der Waals surface area contributed by atoms with Crippen LogP contribution in [0, 0.1) is 5.92 Å². The van der Waals surface area contributed by atoms with Gasteiger partial charge in [-0.15, -0.1) is 0 Å². The van der Waals surface area contributed by atoms with Gasteiger partial charge in [-0.1, -0.05) is 13.8 Å². The number of carbonyl (C=O) groups is 1. The summed E-state index contributed by atoms with van der Waals surface area (Å²) in [6, 6.07) is 0. The topological polar surface area (TPSA) is 46.9 Å². The van der Waals surface area contributed by atoms with Crippen molar-refractivity contribution in [2.45, 2.75) is 31.8 Å². The molecular formula is C11H17N3OS. The van der Waals surface area contributed by atoms with E-state index >= 15 is 0 Å². The van der Waals surface area contributed by atoms with E-state index < -0.39 is 0 Å². The molecule has 2 rings (SSSR count). The first-order valence-electron chi connectivity index (χ1n) is 5.50. The van der Waals surface area contributed by atoms with Gasteiger partial charge in [-0.3, -0.25) is 9.48 Å². The van der Waals surface area contributed by atoms with Gasteiger partial charge < -0.3 is 5.32 Å². The minimum Gasteiger partial charge on any atom is -0.311 e. The van der Waals surface area contributed by atoms with Crippen molar-refractivity contribution >= 4 is 23.5 Å². The maximum absolute atomic E-state index is 11.7. The number of amides is 1. The zero-order chi connectivity index (χ0) is 11.7. The number of anilines is 1. The van der Waals surface area contributed by atoms with E-state index in [2.05, 4.69) is 10.4 Å². The average molecular weight is 239 g/mol. The number of fused-ring (bicyclic) bond motifs is 1. The van der Waals surface area contributed by atoms with Crippen LogP contribution in [0.5, 0.6) is 0 Å². The molecule has 0 spiro atoms. The Balaban J connectivity index is 2.12. The van der Waals surface area contributed by atoms with Crippen LogP contribution in [-0.4, -0.2) is 15.7 Å². The summed E-state index contributed by atoms with van der Waals surface area (Å²) >= 11 is 1.85. The number of carbonyl (C=O) groups excluding carboxylic acids is 1. The third-order valence-corrected chi connectivity index (χ3v) is 3.54. The SMILES string of the molecule is CC(C)CC(=O)Nc1c2c(nn1C)CSC2. The molecule has 0 saturated heterocycles. The Morgan fingerprint density at radius 1 is 1.56 bits per heavy atom. The summed E-state index contributed by atoms with van der Waals surface area (Å²) in [4.78, 5) is 11.7. The Morgan fingerprint density at radius 3 is 3.00 bits per heavy atom. The molecule has 1 aromatic rings. The average Bonchev–Trinajstić information content (AvgIpc) is 2.69. The van der Waals surface area contributed by atoms with E-state index in [1.165, 1.54) is 5.56 Å². The summed E-state index contributed by atoms with van der Waals surface area (Å²) < 4.78 is 1.78. The predicted octanol–water partition coefficient (Wildman–Crippen LogP) is 2.15. The van der Waals surface area contributed by atoms with Gasteiger partial charge in [-0.05, 0) is 5.92 Å². The maximum atomic E-state index is 11.7. The molecule has 1 aliphatic rings. The Bertz CT molecular complexity index is 412. The second-order valence-corrected chi connectivity index (χ2v) is 5.52. The van der Waals surface area contributed by atoms with Crippen molar-refractivity contribution in [3.8, 4) is 0 Å². The van der Waals surface area contributed by atoms with Crippen molar-refractivity contribution in [1.82, 2.24) is 9.78 Å². The largest absolute Gasteiger partial charge is 0.311 e. The molecule has 5 heteroatoms. The number of aryl methyl sites for hydroxylation is 1. The number of aromatic nitrogens is 2. The fourth-order valence-corrected chi connectivity index (χ4v) is 2.89. The van der Waals surface area contributed by atoms with Gasteiger partial charge in [0.25, 0.3) is 0 Å². The van der Waals surface area contributed by atoms with Crippen LogP contribution in [0.15, 0.2) is 0 Å². The van der Waals surface area contributed by atoms with Gasteiger partial charge in [-0.2, -0.15) is 16.9 Å². The lowest BCUT2D eigenvalue weighted by atomic mass is 10.1. The van der Waals surface area contributed by atoms with Crippen LogP contribution in [-0.2, 0) is 23.3 Å². The van der Waals surface area contributed by atoms with Crippen LogP contribution in [0.2, 0.25) is 0 Å². The first kappa shape index (κ1) is 11.5. The molecule has 16 heavy (non-hydrogen) atoms. The number of rotatable bonds is 3. The number of nitrogens with zero attached hydrogens (tertiary/aromatic N) is 2. The molecule has 2 heterocycles. The third-order valence-electron chi connectivity index (χ3n) is 2.57. The second-order valence-electron chi connectivity index (χ2n) is 4.54. The highest BCUT2D eigenvalue weighted by atomic mass is 32.2. The van der Waals surface area contributed by atoms with Crippen molar-refractivity contribution in [3.63, 3.8) is 0 Å². The van der Waals surface area contributed by atoms with Crippen LogP contribution in [0.1, 0.15) is 31.5 Å². The molecular weight excluding hydrogens is 222 g/mol.